The van der Waals surface area contributed by atoms with E-state index in [2.05, 4.69) is 47.8 Å². The largest absolute Gasteiger partial charge is 0.381 e. The van der Waals surface area contributed by atoms with Crippen LogP contribution in [-0.4, -0.2) is 54.8 Å². The van der Waals surface area contributed by atoms with Crippen molar-refractivity contribution in [2.24, 2.45) is 4.99 Å². The molecule has 0 bridgehead atoms. The van der Waals surface area contributed by atoms with E-state index in [-0.39, 0.29) is 24.0 Å². The summed E-state index contributed by atoms with van der Waals surface area (Å²) in [6, 6.07) is 10.4. The second kappa shape index (κ2) is 13.7. The number of benzene rings is 1. The number of guanidine groups is 1. The molecule has 1 fully saturated rings. The summed E-state index contributed by atoms with van der Waals surface area (Å²) in [4.78, 5) is 4.79. The summed E-state index contributed by atoms with van der Waals surface area (Å²) in [6.45, 7) is 10.8. The molecule has 3 rings (SSSR count). The Balaban J connectivity index is 0.00000341. The number of nitrogens with one attached hydrogen (secondary N) is 2. The quantitative estimate of drug-likeness (QED) is 0.219. The summed E-state index contributed by atoms with van der Waals surface area (Å²) in [5.41, 5.74) is 4.36. The summed E-state index contributed by atoms with van der Waals surface area (Å²) < 4.78 is 13.3. The average Bonchev–Trinajstić information content (AvgIpc) is 3.10. The number of hydrogen-bond acceptors (Lipinski definition) is 4. The van der Waals surface area contributed by atoms with Gasteiger partial charge in [-0.3, -0.25) is 0 Å². The van der Waals surface area contributed by atoms with Crippen molar-refractivity contribution in [2.45, 2.75) is 52.7 Å². The molecule has 2 heterocycles. The van der Waals surface area contributed by atoms with Crippen LogP contribution in [0.5, 0.6) is 0 Å². The molecule has 172 valence electrons. The van der Waals surface area contributed by atoms with Crippen molar-refractivity contribution < 1.29 is 9.47 Å². The number of ether oxygens (including phenoxy) is 2. The molecular weight excluding hydrogens is 505 g/mol. The van der Waals surface area contributed by atoms with E-state index in [0.29, 0.717) is 12.6 Å². The van der Waals surface area contributed by atoms with Crippen LogP contribution in [0.4, 0.5) is 0 Å². The van der Waals surface area contributed by atoms with Crippen LogP contribution in [0.15, 0.2) is 35.3 Å². The average molecular weight is 541 g/mol. The molecule has 1 aromatic heterocycles. The maximum atomic E-state index is 5.94. The van der Waals surface area contributed by atoms with E-state index in [1.807, 2.05) is 23.7 Å². The summed E-state index contributed by atoms with van der Waals surface area (Å²) >= 11 is 0. The maximum Gasteiger partial charge on any atom is 0.191 e. The van der Waals surface area contributed by atoms with Crippen molar-refractivity contribution in [3.05, 3.63) is 47.3 Å². The summed E-state index contributed by atoms with van der Waals surface area (Å²) in [6.07, 6.45) is 3.31. The van der Waals surface area contributed by atoms with Crippen LogP contribution in [0.25, 0.3) is 5.69 Å². The molecule has 0 amide bonds. The smallest absolute Gasteiger partial charge is 0.191 e. The highest BCUT2D eigenvalue weighted by atomic mass is 127. The Hall–Kier alpha value is -1.65. The zero-order chi connectivity index (χ0) is 21.2. The van der Waals surface area contributed by atoms with Gasteiger partial charge >= 0.3 is 0 Å². The minimum Gasteiger partial charge on any atom is -0.381 e. The molecule has 7 nitrogen and oxygen atoms in total. The van der Waals surface area contributed by atoms with Gasteiger partial charge in [0.2, 0.25) is 0 Å². The third-order valence-electron chi connectivity index (χ3n) is 5.12. The first-order valence-corrected chi connectivity index (χ1v) is 11.0. The van der Waals surface area contributed by atoms with E-state index in [4.69, 9.17) is 14.5 Å². The minimum absolute atomic E-state index is 0. The van der Waals surface area contributed by atoms with Gasteiger partial charge in [0.1, 0.15) is 0 Å². The van der Waals surface area contributed by atoms with E-state index in [1.54, 1.807) is 0 Å². The lowest BCUT2D eigenvalue weighted by atomic mass is 10.1. The van der Waals surface area contributed by atoms with E-state index >= 15 is 0 Å². The number of aryl methyl sites for hydroxylation is 2. The molecule has 2 N–H and O–H groups in total. The Bertz CT molecular complexity index is 818. The molecule has 0 aliphatic carbocycles. The zero-order valence-electron chi connectivity index (χ0n) is 18.9. The van der Waals surface area contributed by atoms with Gasteiger partial charge in [-0.2, -0.15) is 5.10 Å². The van der Waals surface area contributed by atoms with Crippen LogP contribution in [0, 0.1) is 13.8 Å². The molecule has 1 saturated heterocycles. The van der Waals surface area contributed by atoms with Crippen LogP contribution in [0.2, 0.25) is 0 Å². The summed E-state index contributed by atoms with van der Waals surface area (Å²) in [5.74, 6) is 0.826. The number of aromatic nitrogens is 2. The Labute approximate surface area is 203 Å². The van der Waals surface area contributed by atoms with Crippen molar-refractivity contribution in [1.82, 2.24) is 20.4 Å². The fourth-order valence-corrected chi connectivity index (χ4v) is 3.60. The Morgan fingerprint density at radius 3 is 2.71 bits per heavy atom. The van der Waals surface area contributed by atoms with Gasteiger partial charge in [-0.05, 0) is 57.7 Å². The standard InChI is InChI=1S/C23H35N5O2.HI/c1-4-24-23(25-12-7-13-30-21-10-14-29-15-11-21)26-17-20-8-5-6-9-22(20)28-19(3)16-18(2)27-28;/h5-6,8-9,16,21H,4,7,10-15,17H2,1-3H3,(H2,24,25,26);1H. The molecule has 2 aromatic rings. The van der Waals surface area contributed by atoms with Crippen LogP contribution >= 0.6 is 24.0 Å². The Kier molecular flexibility index (Phi) is 11.3. The zero-order valence-corrected chi connectivity index (χ0v) is 21.2. The molecule has 0 spiro atoms. The molecule has 31 heavy (non-hydrogen) atoms. The van der Waals surface area contributed by atoms with Gasteiger partial charge in [-0.1, -0.05) is 18.2 Å². The molecule has 0 unspecified atom stereocenters. The second-order valence-corrected chi connectivity index (χ2v) is 7.63. The number of halogens is 1. The van der Waals surface area contributed by atoms with Crippen LogP contribution < -0.4 is 10.6 Å². The Morgan fingerprint density at radius 1 is 1.23 bits per heavy atom. The fraction of sp³-hybridized carbons (Fsp3) is 0.565. The highest BCUT2D eigenvalue weighted by molar-refractivity contribution is 14.0. The molecule has 8 heteroatoms. The number of nitrogens with zero attached hydrogens (tertiary/aromatic N) is 3. The molecule has 1 aromatic carbocycles. The SMILES string of the molecule is CCNC(=NCc1ccccc1-n1nc(C)cc1C)NCCCOC1CCOCC1.I. The van der Waals surface area contributed by atoms with Gasteiger partial charge in [-0.15, -0.1) is 24.0 Å². The lowest BCUT2D eigenvalue weighted by Crippen LogP contribution is -2.38. The van der Waals surface area contributed by atoms with Crippen molar-refractivity contribution >= 4 is 29.9 Å². The predicted molar refractivity (Wildman–Crippen MR) is 136 cm³/mol. The van der Waals surface area contributed by atoms with Gasteiger partial charge in [0, 0.05) is 38.6 Å². The molecule has 1 aliphatic rings. The monoisotopic (exact) mass is 541 g/mol. The van der Waals surface area contributed by atoms with Crippen molar-refractivity contribution in [1.29, 1.82) is 0 Å². The first kappa shape index (κ1) is 25.6. The topological polar surface area (TPSA) is 72.7 Å². The molecule has 1 aliphatic heterocycles. The minimum atomic E-state index is 0. The number of rotatable bonds is 9. The third kappa shape index (κ3) is 8.08. The van der Waals surface area contributed by atoms with E-state index in [9.17, 15) is 0 Å². The van der Waals surface area contributed by atoms with E-state index in [0.717, 1.165) is 80.8 Å². The molecule has 0 saturated carbocycles. The summed E-state index contributed by atoms with van der Waals surface area (Å²) in [7, 11) is 0. The van der Waals surface area contributed by atoms with E-state index < -0.39 is 0 Å². The number of aliphatic imine (C=N–C) groups is 1. The molecule has 0 atom stereocenters. The number of para-hydroxylation sites is 1. The highest BCUT2D eigenvalue weighted by Gasteiger charge is 2.13. The van der Waals surface area contributed by atoms with Gasteiger partial charge in [0.05, 0.1) is 24.0 Å². The predicted octanol–water partition coefficient (Wildman–Crippen LogP) is 3.75. The lowest BCUT2D eigenvalue weighted by Gasteiger charge is -2.22. The van der Waals surface area contributed by atoms with Gasteiger partial charge < -0.3 is 20.1 Å². The first-order valence-electron chi connectivity index (χ1n) is 11.0. The van der Waals surface area contributed by atoms with Crippen LogP contribution in [-0.2, 0) is 16.0 Å². The first-order chi connectivity index (χ1) is 14.7. The van der Waals surface area contributed by atoms with Gasteiger partial charge in [0.25, 0.3) is 0 Å². The maximum absolute atomic E-state index is 5.94. The van der Waals surface area contributed by atoms with Crippen molar-refractivity contribution in [3.63, 3.8) is 0 Å². The normalized spacial score (nSPS) is 14.9. The lowest BCUT2D eigenvalue weighted by molar-refractivity contribution is -0.0320. The summed E-state index contributed by atoms with van der Waals surface area (Å²) in [5, 5.41) is 11.4. The Morgan fingerprint density at radius 2 is 2.00 bits per heavy atom. The van der Waals surface area contributed by atoms with Gasteiger partial charge in [0.15, 0.2) is 5.96 Å². The van der Waals surface area contributed by atoms with Crippen molar-refractivity contribution in [2.75, 3.05) is 32.9 Å². The van der Waals surface area contributed by atoms with Crippen LogP contribution in [0.1, 0.15) is 43.1 Å². The fourth-order valence-electron chi connectivity index (χ4n) is 3.60. The molecule has 0 radical (unpaired) electrons. The number of hydrogen-bond donors (Lipinski definition) is 2. The van der Waals surface area contributed by atoms with Gasteiger partial charge in [-0.25, -0.2) is 9.67 Å². The second-order valence-electron chi connectivity index (χ2n) is 7.63. The van der Waals surface area contributed by atoms with Crippen LogP contribution in [0.3, 0.4) is 0 Å². The highest BCUT2D eigenvalue weighted by Crippen LogP contribution is 2.17. The van der Waals surface area contributed by atoms with Crippen molar-refractivity contribution in [3.8, 4) is 5.69 Å². The third-order valence-corrected chi connectivity index (χ3v) is 5.12. The molecular formula is C23H36IN5O2. The van der Waals surface area contributed by atoms with E-state index in [1.165, 1.54) is 0 Å².